The van der Waals surface area contributed by atoms with Gasteiger partial charge in [0.15, 0.2) is 0 Å². The third kappa shape index (κ3) is 4.30. The number of rotatable bonds is 5. The first-order chi connectivity index (χ1) is 8.27. The maximum Gasteiger partial charge on any atom is 0.223 e. The molecule has 1 amide bonds. The Hall–Kier alpha value is -0.570. The molecule has 0 spiro atoms. The molecule has 2 rings (SSSR count). The van der Waals surface area contributed by atoms with Gasteiger partial charge in [0.25, 0.3) is 0 Å². The van der Waals surface area contributed by atoms with Crippen LogP contribution < -0.4 is 10.6 Å². The third-order valence-electron chi connectivity index (χ3n) is 4.16. The normalized spacial score (nSPS) is 29.7. The van der Waals surface area contributed by atoms with Gasteiger partial charge in [0.05, 0.1) is 0 Å². The van der Waals surface area contributed by atoms with Gasteiger partial charge >= 0.3 is 0 Å². The Morgan fingerprint density at radius 1 is 1.12 bits per heavy atom. The van der Waals surface area contributed by atoms with E-state index >= 15 is 0 Å². The van der Waals surface area contributed by atoms with Crippen LogP contribution in [0.3, 0.4) is 0 Å². The van der Waals surface area contributed by atoms with Crippen LogP contribution in [0.15, 0.2) is 0 Å². The summed E-state index contributed by atoms with van der Waals surface area (Å²) in [7, 11) is 0. The Bertz CT molecular complexity index is 247. The van der Waals surface area contributed by atoms with E-state index in [1.54, 1.807) is 0 Å². The second-order valence-electron chi connectivity index (χ2n) is 5.75. The molecule has 0 radical (unpaired) electrons. The van der Waals surface area contributed by atoms with Crippen molar-refractivity contribution in [3.05, 3.63) is 0 Å². The largest absolute Gasteiger partial charge is 0.355 e. The lowest BCUT2D eigenvalue weighted by molar-refractivity contribution is -0.122. The molecule has 2 aliphatic carbocycles. The Morgan fingerprint density at radius 2 is 1.76 bits per heavy atom. The fourth-order valence-corrected chi connectivity index (χ4v) is 2.76. The fourth-order valence-electron chi connectivity index (χ4n) is 2.76. The van der Waals surface area contributed by atoms with Crippen LogP contribution in [0, 0.1) is 11.8 Å². The van der Waals surface area contributed by atoms with Crippen molar-refractivity contribution >= 4 is 5.91 Å². The molecule has 2 aliphatic rings. The van der Waals surface area contributed by atoms with Crippen LogP contribution in [-0.4, -0.2) is 25.0 Å². The summed E-state index contributed by atoms with van der Waals surface area (Å²) >= 11 is 0. The van der Waals surface area contributed by atoms with Crippen molar-refractivity contribution in [2.24, 2.45) is 11.8 Å². The molecule has 0 aromatic heterocycles. The zero-order valence-corrected chi connectivity index (χ0v) is 11.0. The second-order valence-corrected chi connectivity index (χ2v) is 5.75. The highest BCUT2D eigenvalue weighted by Gasteiger charge is 2.38. The summed E-state index contributed by atoms with van der Waals surface area (Å²) in [4.78, 5) is 11.6. The standard InChI is InChI=1S/C14H26N2O/c1-11-10-13(11)14(17)16-9-8-15-12-6-4-2-3-5-7-12/h11-13,15H,2-10H2,1H3,(H,16,17)/t11-,13-/m1/s1. The maximum absolute atomic E-state index is 11.6. The van der Waals surface area contributed by atoms with Gasteiger partial charge in [-0.25, -0.2) is 0 Å². The molecule has 2 N–H and O–H groups in total. The predicted molar refractivity (Wildman–Crippen MR) is 69.8 cm³/mol. The lowest BCUT2D eigenvalue weighted by Crippen LogP contribution is -2.37. The van der Waals surface area contributed by atoms with Crippen LogP contribution in [-0.2, 0) is 4.79 Å². The number of hydrogen-bond acceptors (Lipinski definition) is 2. The van der Waals surface area contributed by atoms with Gasteiger partial charge in [-0.1, -0.05) is 32.6 Å². The second kappa shape index (κ2) is 6.39. The minimum Gasteiger partial charge on any atom is -0.355 e. The average molecular weight is 238 g/mol. The highest BCUT2D eigenvalue weighted by atomic mass is 16.2. The molecule has 0 bridgehead atoms. The minimum atomic E-state index is 0.264. The molecular weight excluding hydrogens is 212 g/mol. The van der Waals surface area contributed by atoms with Crippen molar-refractivity contribution in [1.29, 1.82) is 0 Å². The van der Waals surface area contributed by atoms with Crippen LogP contribution in [0.4, 0.5) is 0 Å². The van der Waals surface area contributed by atoms with Crippen LogP contribution in [0.1, 0.15) is 51.9 Å². The van der Waals surface area contributed by atoms with Crippen LogP contribution in [0.25, 0.3) is 0 Å². The number of carbonyl (C=O) groups is 1. The Balaban J connectivity index is 1.51. The monoisotopic (exact) mass is 238 g/mol. The molecule has 2 fully saturated rings. The summed E-state index contributed by atoms with van der Waals surface area (Å²) in [6, 6.07) is 0.689. The van der Waals surface area contributed by atoms with Crippen molar-refractivity contribution in [1.82, 2.24) is 10.6 Å². The molecule has 0 unspecified atom stereocenters. The highest BCUT2D eigenvalue weighted by molar-refractivity contribution is 5.81. The maximum atomic E-state index is 11.6. The number of hydrogen-bond donors (Lipinski definition) is 2. The van der Waals surface area contributed by atoms with Crippen LogP contribution >= 0.6 is 0 Å². The quantitative estimate of drug-likeness (QED) is 0.569. The minimum absolute atomic E-state index is 0.264. The summed E-state index contributed by atoms with van der Waals surface area (Å²) in [6.07, 6.45) is 9.24. The lowest BCUT2D eigenvalue weighted by atomic mass is 10.1. The van der Waals surface area contributed by atoms with Crippen LogP contribution in [0.5, 0.6) is 0 Å². The molecule has 3 heteroatoms. The zero-order valence-electron chi connectivity index (χ0n) is 11.0. The van der Waals surface area contributed by atoms with Gasteiger partial charge in [0, 0.05) is 25.0 Å². The van der Waals surface area contributed by atoms with Gasteiger partial charge in [0.2, 0.25) is 5.91 Å². The molecule has 0 aromatic rings. The Labute approximate surface area is 105 Å². The molecule has 98 valence electrons. The van der Waals surface area contributed by atoms with E-state index in [4.69, 9.17) is 0 Å². The Kier molecular flexibility index (Phi) is 4.84. The van der Waals surface area contributed by atoms with E-state index < -0.39 is 0 Å². The molecule has 0 saturated heterocycles. The molecule has 0 aliphatic heterocycles. The highest BCUT2D eigenvalue weighted by Crippen LogP contribution is 2.37. The smallest absolute Gasteiger partial charge is 0.223 e. The first-order valence-electron chi connectivity index (χ1n) is 7.28. The summed E-state index contributed by atoms with van der Waals surface area (Å²) in [5.41, 5.74) is 0. The van der Waals surface area contributed by atoms with E-state index in [9.17, 15) is 4.79 Å². The third-order valence-corrected chi connectivity index (χ3v) is 4.16. The van der Waals surface area contributed by atoms with Crippen molar-refractivity contribution in [3.63, 3.8) is 0 Å². The summed E-state index contributed by atoms with van der Waals surface area (Å²) in [6.45, 7) is 3.87. The van der Waals surface area contributed by atoms with Gasteiger partial charge in [-0.2, -0.15) is 0 Å². The topological polar surface area (TPSA) is 41.1 Å². The van der Waals surface area contributed by atoms with E-state index in [-0.39, 0.29) is 5.91 Å². The molecule has 17 heavy (non-hydrogen) atoms. The summed E-state index contributed by atoms with van der Waals surface area (Å²) < 4.78 is 0. The molecule has 0 heterocycles. The van der Waals surface area contributed by atoms with Crippen molar-refractivity contribution in [3.8, 4) is 0 Å². The number of amides is 1. The van der Waals surface area contributed by atoms with E-state index in [1.807, 2.05) is 0 Å². The SMILES string of the molecule is C[C@@H]1C[C@H]1C(=O)NCCNC1CCCCCC1. The lowest BCUT2D eigenvalue weighted by Gasteiger charge is -2.16. The molecular formula is C14H26N2O. The van der Waals surface area contributed by atoms with Gasteiger partial charge in [-0.3, -0.25) is 4.79 Å². The fraction of sp³-hybridized carbons (Fsp3) is 0.929. The summed E-state index contributed by atoms with van der Waals surface area (Å²) in [5.74, 6) is 1.19. The van der Waals surface area contributed by atoms with E-state index in [0.29, 0.717) is 17.9 Å². The van der Waals surface area contributed by atoms with Crippen molar-refractivity contribution in [2.45, 2.75) is 57.9 Å². The van der Waals surface area contributed by atoms with Crippen molar-refractivity contribution in [2.75, 3.05) is 13.1 Å². The van der Waals surface area contributed by atoms with Gasteiger partial charge in [-0.15, -0.1) is 0 Å². The zero-order chi connectivity index (χ0) is 12.1. The van der Waals surface area contributed by atoms with E-state index in [2.05, 4.69) is 17.6 Å². The van der Waals surface area contributed by atoms with E-state index in [0.717, 1.165) is 19.5 Å². The van der Waals surface area contributed by atoms with Gasteiger partial charge < -0.3 is 10.6 Å². The first kappa shape index (κ1) is 12.9. The molecule has 2 saturated carbocycles. The van der Waals surface area contributed by atoms with Crippen LogP contribution in [0.2, 0.25) is 0 Å². The summed E-state index contributed by atoms with van der Waals surface area (Å²) in [5, 5.41) is 6.60. The number of nitrogens with one attached hydrogen (secondary N) is 2. The van der Waals surface area contributed by atoms with Gasteiger partial charge in [-0.05, 0) is 25.2 Å². The molecule has 2 atom stereocenters. The predicted octanol–water partition coefficient (Wildman–Crippen LogP) is 2.07. The van der Waals surface area contributed by atoms with Crippen molar-refractivity contribution < 1.29 is 4.79 Å². The van der Waals surface area contributed by atoms with Gasteiger partial charge in [0.1, 0.15) is 0 Å². The first-order valence-corrected chi connectivity index (χ1v) is 7.28. The molecule has 0 aromatic carbocycles. The Morgan fingerprint density at radius 3 is 2.35 bits per heavy atom. The molecule has 3 nitrogen and oxygen atoms in total. The average Bonchev–Trinajstić information content (AvgIpc) is 3.08. The number of carbonyl (C=O) groups excluding carboxylic acids is 1. The van der Waals surface area contributed by atoms with E-state index in [1.165, 1.54) is 38.5 Å².